The number of amides is 1. The van der Waals surface area contributed by atoms with Crippen LogP contribution >= 0.6 is 11.8 Å². The lowest BCUT2D eigenvalue weighted by atomic mass is 10.2. The zero-order valence-electron chi connectivity index (χ0n) is 9.55. The second kappa shape index (κ2) is 6.48. The molecular weight excluding hydrogens is 246 g/mol. The molecule has 0 spiro atoms. The number of hydrogen-bond donors (Lipinski definition) is 1. The molecule has 0 aromatic rings. The molecule has 0 saturated carbocycles. The fraction of sp³-hybridized carbons (Fsp3) is 0.700. The van der Waals surface area contributed by atoms with Crippen LogP contribution in [0.3, 0.4) is 0 Å². The van der Waals surface area contributed by atoms with Gasteiger partial charge in [-0.05, 0) is 6.92 Å². The van der Waals surface area contributed by atoms with Gasteiger partial charge in [-0.2, -0.15) is 11.8 Å². The molecule has 0 radical (unpaired) electrons. The first-order chi connectivity index (χ1) is 8.06. The standard InChI is InChI=1S/C10H15NO5S/c1-2-16-10(15)7-6-17-4-3-11(7)8(12)5-9(13)14/h7H,2-6H2,1H3,(H,13,14). The number of carbonyl (C=O) groups is 3. The molecule has 1 fully saturated rings. The van der Waals surface area contributed by atoms with Crippen molar-refractivity contribution in [3.05, 3.63) is 0 Å². The highest BCUT2D eigenvalue weighted by Gasteiger charge is 2.33. The number of rotatable bonds is 4. The van der Waals surface area contributed by atoms with E-state index in [1.165, 1.54) is 4.90 Å². The van der Waals surface area contributed by atoms with E-state index in [-0.39, 0.29) is 6.61 Å². The van der Waals surface area contributed by atoms with Gasteiger partial charge in [-0.25, -0.2) is 4.79 Å². The zero-order valence-corrected chi connectivity index (χ0v) is 10.4. The lowest BCUT2D eigenvalue weighted by molar-refractivity contribution is -0.156. The second-order valence-corrected chi connectivity index (χ2v) is 4.65. The molecule has 0 aromatic carbocycles. The third-order valence-electron chi connectivity index (χ3n) is 2.31. The summed E-state index contributed by atoms with van der Waals surface area (Å²) < 4.78 is 4.87. The van der Waals surface area contributed by atoms with Gasteiger partial charge in [0.25, 0.3) is 0 Å². The summed E-state index contributed by atoms with van der Waals surface area (Å²) in [4.78, 5) is 35.1. The largest absolute Gasteiger partial charge is 0.481 e. The third-order valence-corrected chi connectivity index (χ3v) is 3.33. The SMILES string of the molecule is CCOC(=O)C1CSCCN1C(=O)CC(=O)O. The van der Waals surface area contributed by atoms with Crippen LogP contribution < -0.4 is 0 Å². The van der Waals surface area contributed by atoms with E-state index in [9.17, 15) is 14.4 Å². The van der Waals surface area contributed by atoms with Crippen molar-refractivity contribution in [1.29, 1.82) is 0 Å². The lowest BCUT2D eigenvalue weighted by Gasteiger charge is -2.33. The molecule has 1 aliphatic rings. The first kappa shape index (κ1) is 13.8. The molecule has 0 aliphatic carbocycles. The number of carboxylic acid groups (broad SMARTS) is 1. The molecule has 1 atom stereocenters. The summed E-state index contributed by atoms with van der Waals surface area (Å²) in [7, 11) is 0. The first-order valence-corrected chi connectivity index (χ1v) is 6.47. The Bertz CT molecular complexity index is 320. The predicted molar refractivity (Wildman–Crippen MR) is 61.7 cm³/mol. The van der Waals surface area contributed by atoms with Gasteiger partial charge in [0, 0.05) is 18.1 Å². The zero-order chi connectivity index (χ0) is 12.8. The van der Waals surface area contributed by atoms with Gasteiger partial charge in [0.05, 0.1) is 6.61 Å². The van der Waals surface area contributed by atoms with E-state index in [2.05, 4.69) is 0 Å². The summed E-state index contributed by atoms with van der Waals surface area (Å²) in [6.07, 6.45) is -0.583. The van der Waals surface area contributed by atoms with Crippen LogP contribution in [0.1, 0.15) is 13.3 Å². The van der Waals surface area contributed by atoms with Gasteiger partial charge in [-0.3, -0.25) is 9.59 Å². The first-order valence-electron chi connectivity index (χ1n) is 5.32. The summed E-state index contributed by atoms with van der Waals surface area (Å²) in [6, 6.07) is -0.652. The summed E-state index contributed by atoms with van der Waals surface area (Å²) in [5.74, 6) is -1.00. The van der Waals surface area contributed by atoms with Crippen molar-refractivity contribution in [3.8, 4) is 0 Å². The molecule has 7 heteroatoms. The Kier molecular flexibility index (Phi) is 5.27. The highest BCUT2D eigenvalue weighted by Crippen LogP contribution is 2.18. The number of esters is 1. The molecule has 1 rings (SSSR count). The fourth-order valence-electron chi connectivity index (χ4n) is 1.57. The molecule has 96 valence electrons. The van der Waals surface area contributed by atoms with Crippen molar-refractivity contribution in [3.63, 3.8) is 0 Å². The van der Waals surface area contributed by atoms with E-state index in [4.69, 9.17) is 9.84 Å². The number of carboxylic acids is 1. The minimum atomic E-state index is -1.18. The minimum absolute atomic E-state index is 0.251. The highest BCUT2D eigenvalue weighted by molar-refractivity contribution is 7.99. The van der Waals surface area contributed by atoms with Crippen molar-refractivity contribution < 1.29 is 24.2 Å². The van der Waals surface area contributed by atoms with E-state index < -0.39 is 30.3 Å². The highest BCUT2D eigenvalue weighted by atomic mass is 32.2. The van der Waals surface area contributed by atoms with E-state index in [1.54, 1.807) is 18.7 Å². The Morgan fingerprint density at radius 1 is 1.47 bits per heavy atom. The molecule has 1 unspecified atom stereocenters. The van der Waals surface area contributed by atoms with Crippen molar-refractivity contribution in [2.75, 3.05) is 24.7 Å². The Morgan fingerprint density at radius 2 is 2.18 bits per heavy atom. The lowest BCUT2D eigenvalue weighted by Crippen LogP contribution is -2.51. The molecule has 1 N–H and O–H groups in total. The Balaban J connectivity index is 2.68. The number of nitrogens with zero attached hydrogens (tertiary/aromatic N) is 1. The maximum Gasteiger partial charge on any atom is 0.329 e. The van der Waals surface area contributed by atoms with Crippen LogP contribution in [0.4, 0.5) is 0 Å². The summed E-state index contributed by atoms with van der Waals surface area (Å²) in [6.45, 7) is 2.33. The normalized spacial score (nSPS) is 19.8. The second-order valence-electron chi connectivity index (χ2n) is 3.50. The quantitative estimate of drug-likeness (QED) is 0.565. The minimum Gasteiger partial charge on any atom is -0.481 e. The fourth-order valence-corrected chi connectivity index (χ4v) is 2.60. The van der Waals surface area contributed by atoms with Crippen LogP contribution in [0.5, 0.6) is 0 Å². The Labute approximate surface area is 103 Å². The van der Waals surface area contributed by atoms with Gasteiger partial charge in [-0.1, -0.05) is 0 Å². The van der Waals surface area contributed by atoms with Crippen molar-refractivity contribution >= 4 is 29.6 Å². The number of thioether (sulfide) groups is 1. The number of aliphatic carboxylic acids is 1. The third kappa shape index (κ3) is 3.92. The molecule has 0 aromatic heterocycles. The smallest absolute Gasteiger partial charge is 0.329 e. The van der Waals surface area contributed by atoms with Crippen LogP contribution in [0.15, 0.2) is 0 Å². The van der Waals surface area contributed by atoms with Crippen molar-refractivity contribution in [2.45, 2.75) is 19.4 Å². The average Bonchev–Trinajstić information content (AvgIpc) is 2.28. The molecule has 1 amide bonds. The van der Waals surface area contributed by atoms with Gasteiger partial charge in [-0.15, -0.1) is 0 Å². The average molecular weight is 261 g/mol. The molecule has 1 saturated heterocycles. The van der Waals surface area contributed by atoms with Gasteiger partial charge < -0.3 is 14.7 Å². The monoisotopic (exact) mass is 261 g/mol. The number of hydrogen-bond acceptors (Lipinski definition) is 5. The molecule has 6 nitrogen and oxygen atoms in total. The molecule has 1 heterocycles. The van der Waals surface area contributed by atoms with E-state index in [0.717, 1.165) is 0 Å². The summed E-state index contributed by atoms with van der Waals surface area (Å²) in [5.41, 5.74) is 0. The van der Waals surface area contributed by atoms with Gasteiger partial charge in [0.15, 0.2) is 0 Å². The van der Waals surface area contributed by atoms with E-state index >= 15 is 0 Å². The van der Waals surface area contributed by atoms with Gasteiger partial charge in [0.2, 0.25) is 5.91 Å². The van der Waals surface area contributed by atoms with Gasteiger partial charge >= 0.3 is 11.9 Å². The van der Waals surface area contributed by atoms with Gasteiger partial charge in [0.1, 0.15) is 12.5 Å². The molecule has 17 heavy (non-hydrogen) atoms. The topological polar surface area (TPSA) is 83.9 Å². The van der Waals surface area contributed by atoms with E-state index in [0.29, 0.717) is 18.1 Å². The van der Waals surface area contributed by atoms with Crippen LogP contribution in [0.25, 0.3) is 0 Å². The van der Waals surface area contributed by atoms with Crippen LogP contribution in [-0.4, -0.2) is 58.6 Å². The maximum absolute atomic E-state index is 11.7. The number of carbonyl (C=O) groups excluding carboxylic acids is 2. The maximum atomic E-state index is 11.7. The van der Waals surface area contributed by atoms with Crippen molar-refractivity contribution in [1.82, 2.24) is 4.90 Å². The van der Waals surface area contributed by atoms with Crippen molar-refractivity contribution in [2.24, 2.45) is 0 Å². The van der Waals surface area contributed by atoms with Crippen LogP contribution in [0, 0.1) is 0 Å². The molecule has 1 aliphatic heterocycles. The van der Waals surface area contributed by atoms with Crippen LogP contribution in [-0.2, 0) is 19.1 Å². The predicted octanol–water partition coefficient (Wildman–Crippen LogP) is -0.0318. The molecule has 0 bridgehead atoms. The Morgan fingerprint density at radius 3 is 2.76 bits per heavy atom. The van der Waals surface area contributed by atoms with E-state index in [1.807, 2.05) is 0 Å². The Hall–Kier alpha value is -1.24. The summed E-state index contributed by atoms with van der Waals surface area (Å²) in [5, 5.41) is 8.57. The number of ether oxygens (including phenoxy) is 1. The van der Waals surface area contributed by atoms with Crippen LogP contribution in [0.2, 0.25) is 0 Å². The summed E-state index contributed by atoms with van der Waals surface area (Å²) >= 11 is 1.56. The molecular formula is C10H15NO5S.